The summed E-state index contributed by atoms with van der Waals surface area (Å²) in [6, 6.07) is 10.5. The van der Waals surface area contributed by atoms with E-state index in [9.17, 15) is 0 Å². The molecule has 19 heavy (non-hydrogen) atoms. The second kappa shape index (κ2) is 4.89. The van der Waals surface area contributed by atoms with Crippen LogP contribution in [0.2, 0.25) is 0 Å². The third-order valence-corrected chi connectivity index (χ3v) is 3.34. The fourth-order valence-electron chi connectivity index (χ4n) is 2.25. The zero-order chi connectivity index (χ0) is 17.6. The summed E-state index contributed by atoms with van der Waals surface area (Å²) >= 11 is 0. The molecule has 0 atom stereocenters. The molecule has 0 spiro atoms. The van der Waals surface area contributed by atoms with Gasteiger partial charge in [0.05, 0.1) is 6.85 Å². The van der Waals surface area contributed by atoms with E-state index >= 15 is 0 Å². The van der Waals surface area contributed by atoms with Crippen molar-refractivity contribution in [2.24, 2.45) is 0 Å². The summed E-state index contributed by atoms with van der Waals surface area (Å²) in [5.74, 6) is 0.350. The molecule has 0 aliphatic heterocycles. The molecule has 0 saturated carbocycles. The predicted molar refractivity (Wildman–Crippen MR) is 83.5 cm³/mol. The third-order valence-electron chi connectivity index (χ3n) is 3.34. The van der Waals surface area contributed by atoms with Crippen LogP contribution in [0.15, 0.2) is 66.6 Å². The van der Waals surface area contributed by atoms with Gasteiger partial charge in [-0.2, -0.15) is 0 Å². The first kappa shape index (κ1) is 7.49. The third kappa shape index (κ3) is 2.26. The van der Waals surface area contributed by atoms with Crippen LogP contribution < -0.4 is 0 Å². The van der Waals surface area contributed by atoms with E-state index in [0.717, 1.165) is 16.3 Å². The van der Waals surface area contributed by atoms with Crippen molar-refractivity contribution in [2.45, 2.75) is 19.8 Å². The zero-order valence-electron chi connectivity index (χ0n) is 16.0. The van der Waals surface area contributed by atoms with E-state index in [4.69, 9.17) is 6.85 Å². The average Bonchev–Trinajstić information content (AvgIpc) is 2.58. The Bertz CT molecular complexity index is 915. The van der Waals surface area contributed by atoms with Crippen LogP contribution in [-0.4, -0.2) is 0 Å². The van der Waals surface area contributed by atoms with E-state index in [2.05, 4.69) is 26.0 Å². The maximum Gasteiger partial charge on any atom is 0.0629 e. The molecular formula is C19H18. The van der Waals surface area contributed by atoms with Crippen molar-refractivity contribution < 1.29 is 6.85 Å². The SMILES string of the molecule is [2H]c1c([2H])c([2H])c(-c2cccc3ccc(C(C)C)cc23)c([2H])c1[2H]. The first-order valence-electron chi connectivity index (χ1n) is 8.93. The Morgan fingerprint density at radius 2 is 1.74 bits per heavy atom. The van der Waals surface area contributed by atoms with Crippen LogP contribution in [0.1, 0.15) is 32.2 Å². The molecule has 94 valence electrons. The highest BCUT2D eigenvalue weighted by Crippen LogP contribution is 2.30. The minimum absolute atomic E-state index is 0.163. The fraction of sp³-hybridized carbons (Fsp3) is 0.158. The van der Waals surface area contributed by atoms with Crippen LogP contribution in [0.5, 0.6) is 0 Å². The van der Waals surface area contributed by atoms with Crippen LogP contribution in [0, 0.1) is 0 Å². The molecule has 0 saturated heterocycles. The molecule has 3 aromatic carbocycles. The Kier molecular flexibility index (Phi) is 1.93. The van der Waals surface area contributed by atoms with Gasteiger partial charge >= 0.3 is 0 Å². The van der Waals surface area contributed by atoms with Crippen LogP contribution in [0.25, 0.3) is 21.9 Å². The second-order valence-electron chi connectivity index (χ2n) is 4.94. The van der Waals surface area contributed by atoms with Gasteiger partial charge in [-0.3, -0.25) is 0 Å². The van der Waals surface area contributed by atoms with Crippen molar-refractivity contribution in [3.63, 3.8) is 0 Å². The number of benzene rings is 3. The summed E-state index contributed by atoms with van der Waals surface area (Å²) in [5, 5.41) is 1.89. The van der Waals surface area contributed by atoms with Crippen LogP contribution in [0.4, 0.5) is 0 Å². The van der Waals surface area contributed by atoms with Crippen molar-refractivity contribution in [1.29, 1.82) is 0 Å². The molecule has 0 radical (unpaired) electrons. The molecule has 0 amide bonds. The van der Waals surface area contributed by atoms with Gasteiger partial charge in [-0.05, 0) is 33.4 Å². The standard InChI is InChI=1S/C19H18/c1-14(2)17-12-11-16-9-6-10-18(19(16)13-17)15-7-4-3-5-8-15/h3-14H,1-2H3/i3D,4D,5D,7D,8D. The Hall–Kier alpha value is -2.08. The summed E-state index contributed by atoms with van der Waals surface area (Å²) in [6.45, 7) is 4.21. The van der Waals surface area contributed by atoms with Gasteiger partial charge in [0.1, 0.15) is 0 Å². The molecule has 0 N–H and O–H groups in total. The van der Waals surface area contributed by atoms with Gasteiger partial charge in [0, 0.05) is 0 Å². The van der Waals surface area contributed by atoms with E-state index in [1.165, 1.54) is 0 Å². The van der Waals surface area contributed by atoms with Gasteiger partial charge in [0.2, 0.25) is 0 Å². The van der Waals surface area contributed by atoms with Gasteiger partial charge in [-0.15, -0.1) is 0 Å². The van der Waals surface area contributed by atoms with Crippen molar-refractivity contribution in [1.82, 2.24) is 0 Å². The molecule has 0 heteroatoms. The molecule has 0 nitrogen and oxygen atoms in total. The number of rotatable bonds is 2. The normalized spacial score (nSPS) is 14.8. The molecule has 0 unspecified atom stereocenters. The average molecular weight is 251 g/mol. The number of fused-ring (bicyclic) bond motifs is 1. The minimum Gasteiger partial charge on any atom is -0.0622 e. The van der Waals surface area contributed by atoms with Crippen molar-refractivity contribution in [3.8, 4) is 11.1 Å². The lowest BCUT2D eigenvalue weighted by molar-refractivity contribution is 0.869. The summed E-state index contributed by atoms with van der Waals surface area (Å²) in [4.78, 5) is 0. The Balaban J connectivity index is 2.41. The lowest BCUT2D eigenvalue weighted by Crippen LogP contribution is -1.88. The Morgan fingerprint density at radius 3 is 2.47 bits per heavy atom. The predicted octanol–water partition coefficient (Wildman–Crippen LogP) is 5.63. The molecule has 0 fully saturated rings. The summed E-state index contributed by atoms with van der Waals surface area (Å²) in [5.41, 5.74) is 2.09. The molecule has 0 aliphatic rings. The summed E-state index contributed by atoms with van der Waals surface area (Å²) < 4.78 is 40.0. The lowest BCUT2D eigenvalue weighted by atomic mass is 9.94. The molecule has 0 bridgehead atoms. The first-order chi connectivity index (χ1) is 11.3. The molecule has 0 aliphatic carbocycles. The van der Waals surface area contributed by atoms with Crippen LogP contribution in [-0.2, 0) is 0 Å². The smallest absolute Gasteiger partial charge is 0.0622 e. The van der Waals surface area contributed by atoms with Crippen LogP contribution in [0.3, 0.4) is 0 Å². The molecule has 3 aromatic rings. The number of hydrogen-bond donors (Lipinski definition) is 0. The highest BCUT2D eigenvalue weighted by atomic mass is 14.1. The lowest BCUT2D eigenvalue weighted by Gasteiger charge is -2.11. The van der Waals surface area contributed by atoms with Gasteiger partial charge in [-0.25, -0.2) is 0 Å². The maximum atomic E-state index is 8.21. The quantitative estimate of drug-likeness (QED) is 0.553. The van der Waals surface area contributed by atoms with Crippen molar-refractivity contribution in [3.05, 3.63) is 72.2 Å². The van der Waals surface area contributed by atoms with Crippen LogP contribution >= 0.6 is 0 Å². The Labute approximate surface area is 121 Å². The van der Waals surface area contributed by atoms with Gasteiger partial charge in [0.25, 0.3) is 0 Å². The highest BCUT2D eigenvalue weighted by Gasteiger charge is 2.06. The van der Waals surface area contributed by atoms with E-state index in [0.29, 0.717) is 11.5 Å². The minimum atomic E-state index is -0.364. The maximum absolute atomic E-state index is 8.21. The van der Waals surface area contributed by atoms with Gasteiger partial charge < -0.3 is 0 Å². The molecule has 0 aromatic heterocycles. The van der Waals surface area contributed by atoms with Gasteiger partial charge in [-0.1, -0.05) is 80.5 Å². The summed E-state index contributed by atoms with van der Waals surface area (Å²) in [6.07, 6.45) is 0. The highest BCUT2D eigenvalue weighted by molar-refractivity contribution is 5.97. The zero-order valence-corrected chi connectivity index (χ0v) is 11.0. The van der Waals surface area contributed by atoms with Crippen molar-refractivity contribution in [2.75, 3.05) is 0 Å². The summed E-state index contributed by atoms with van der Waals surface area (Å²) in [7, 11) is 0. The van der Waals surface area contributed by atoms with E-state index in [1.54, 1.807) is 0 Å². The number of hydrogen-bond acceptors (Lipinski definition) is 0. The van der Waals surface area contributed by atoms with E-state index in [-0.39, 0.29) is 35.8 Å². The Morgan fingerprint density at radius 1 is 0.947 bits per heavy atom. The topological polar surface area (TPSA) is 0 Å². The van der Waals surface area contributed by atoms with Gasteiger partial charge in [0.15, 0.2) is 0 Å². The fourth-order valence-corrected chi connectivity index (χ4v) is 2.25. The van der Waals surface area contributed by atoms with E-state index in [1.807, 2.05) is 24.3 Å². The largest absolute Gasteiger partial charge is 0.0629 e. The molecular weight excluding hydrogens is 228 g/mol. The van der Waals surface area contributed by atoms with E-state index < -0.39 is 0 Å². The molecule has 3 rings (SSSR count). The second-order valence-corrected chi connectivity index (χ2v) is 4.94. The molecule has 0 heterocycles. The monoisotopic (exact) mass is 251 g/mol. The first-order valence-corrected chi connectivity index (χ1v) is 6.43. The van der Waals surface area contributed by atoms with Crippen molar-refractivity contribution >= 4 is 10.8 Å².